The number of piperidine rings is 1. The van der Waals surface area contributed by atoms with Gasteiger partial charge in [-0.2, -0.15) is 0 Å². The Labute approximate surface area is 134 Å². The summed E-state index contributed by atoms with van der Waals surface area (Å²) < 4.78 is 24.7. The molecule has 1 N–H and O–H groups in total. The second-order valence-corrected chi connectivity index (χ2v) is 8.50. The molecule has 1 aromatic rings. The van der Waals surface area contributed by atoms with Gasteiger partial charge in [-0.1, -0.05) is 19.1 Å². The van der Waals surface area contributed by atoms with Crippen LogP contribution in [0.2, 0.25) is 0 Å². The molecule has 1 aromatic carbocycles. The zero-order chi connectivity index (χ0) is 16.2. The average Bonchev–Trinajstić information content (AvgIpc) is 2.47. The molecular formula is C17H27NO3S. The van der Waals surface area contributed by atoms with Crippen LogP contribution in [-0.4, -0.2) is 49.9 Å². The average molecular weight is 325 g/mol. The van der Waals surface area contributed by atoms with Gasteiger partial charge in [-0.3, -0.25) is 4.90 Å². The van der Waals surface area contributed by atoms with Crippen molar-refractivity contribution < 1.29 is 13.5 Å². The summed E-state index contributed by atoms with van der Waals surface area (Å²) >= 11 is 0. The number of aliphatic hydroxyl groups excluding tert-OH is 1. The Morgan fingerprint density at radius 2 is 2.14 bits per heavy atom. The first-order valence-electron chi connectivity index (χ1n) is 8.08. The molecule has 0 radical (unpaired) electrons. The molecule has 0 amide bonds. The van der Waals surface area contributed by atoms with Gasteiger partial charge >= 0.3 is 0 Å². The molecule has 22 heavy (non-hydrogen) atoms. The van der Waals surface area contributed by atoms with E-state index in [1.165, 1.54) is 0 Å². The molecule has 0 aromatic heterocycles. The molecule has 1 saturated heterocycles. The molecule has 0 spiro atoms. The third-order valence-corrected chi connectivity index (χ3v) is 6.42. The van der Waals surface area contributed by atoms with E-state index in [4.69, 9.17) is 0 Å². The van der Waals surface area contributed by atoms with Gasteiger partial charge in [0, 0.05) is 6.04 Å². The van der Waals surface area contributed by atoms with E-state index in [1.807, 2.05) is 13.0 Å². The number of aryl methyl sites for hydroxylation is 1. The minimum absolute atomic E-state index is 0.159. The third-order valence-electron chi connectivity index (χ3n) is 4.62. The quantitative estimate of drug-likeness (QED) is 0.871. The monoisotopic (exact) mass is 325 g/mol. The lowest BCUT2D eigenvalue weighted by molar-refractivity contribution is 0.0533. The van der Waals surface area contributed by atoms with Crippen LogP contribution in [0.1, 0.15) is 31.7 Å². The van der Waals surface area contributed by atoms with Crippen LogP contribution in [0.4, 0.5) is 0 Å². The van der Waals surface area contributed by atoms with E-state index in [0.717, 1.165) is 31.5 Å². The van der Waals surface area contributed by atoms with E-state index >= 15 is 0 Å². The SMILES string of the molecule is Cc1cccc(S(=O)(=O)CCCN2CCC[C@@H](C)[C@@H]2CO)c1. The van der Waals surface area contributed by atoms with E-state index < -0.39 is 9.84 Å². The molecule has 0 bridgehead atoms. The van der Waals surface area contributed by atoms with E-state index in [0.29, 0.717) is 17.2 Å². The Kier molecular flexibility index (Phi) is 6.01. The van der Waals surface area contributed by atoms with Gasteiger partial charge in [-0.05, 0) is 62.9 Å². The topological polar surface area (TPSA) is 57.6 Å². The van der Waals surface area contributed by atoms with Crippen LogP contribution in [0, 0.1) is 12.8 Å². The predicted octanol–water partition coefficient (Wildman–Crippen LogP) is 2.25. The predicted molar refractivity (Wildman–Crippen MR) is 88.7 cm³/mol. The Bertz CT molecular complexity index is 585. The molecule has 4 nitrogen and oxygen atoms in total. The summed E-state index contributed by atoms with van der Waals surface area (Å²) in [5, 5.41) is 9.54. The molecular weight excluding hydrogens is 298 g/mol. The number of rotatable bonds is 6. The normalized spacial score (nSPS) is 23.6. The highest BCUT2D eigenvalue weighted by Gasteiger charge is 2.27. The van der Waals surface area contributed by atoms with Crippen molar-refractivity contribution in [2.24, 2.45) is 5.92 Å². The van der Waals surface area contributed by atoms with Crippen molar-refractivity contribution >= 4 is 9.84 Å². The first-order valence-corrected chi connectivity index (χ1v) is 9.73. The van der Waals surface area contributed by atoms with Crippen molar-refractivity contribution in [1.29, 1.82) is 0 Å². The van der Waals surface area contributed by atoms with Gasteiger partial charge < -0.3 is 5.11 Å². The molecule has 1 fully saturated rings. The van der Waals surface area contributed by atoms with Gasteiger partial charge in [-0.25, -0.2) is 8.42 Å². The molecule has 0 saturated carbocycles. The Morgan fingerprint density at radius 3 is 2.82 bits per heavy atom. The molecule has 124 valence electrons. The number of aliphatic hydroxyl groups is 1. The van der Waals surface area contributed by atoms with Crippen LogP contribution in [0.5, 0.6) is 0 Å². The van der Waals surface area contributed by atoms with Crippen molar-refractivity contribution in [2.45, 2.75) is 44.0 Å². The highest BCUT2D eigenvalue weighted by molar-refractivity contribution is 7.91. The van der Waals surface area contributed by atoms with E-state index in [2.05, 4.69) is 11.8 Å². The highest BCUT2D eigenvalue weighted by atomic mass is 32.2. The molecule has 1 aliphatic heterocycles. The van der Waals surface area contributed by atoms with E-state index in [9.17, 15) is 13.5 Å². The number of benzene rings is 1. The molecule has 5 heteroatoms. The van der Waals surface area contributed by atoms with Gasteiger partial charge in [0.25, 0.3) is 0 Å². The molecule has 0 unspecified atom stereocenters. The van der Waals surface area contributed by atoms with Gasteiger partial charge in [-0.15, -0.1) is 0 Å². The Balaban J connectivity index is 1.92. The number of sulfone groups is 1. The first-order chi connectivity index (χ1) is 10.4. The fourth-order valence-corrected chi connectivity index (χ4v) is 4.69. The van der Waals surface area contributed by atoms with E-state index in [-0.39, 0.29) is 18.4 Å². The summed E-state index contributed by atoms with van der Waals surface area (Å²) in [5.41, 5.74) is 0.964. The number of hydrogen-bond acceptors (Lipinski definition) is 4. The van der Waals surface area contributed by atoms with Crippen LogP contribution in [-0.2, 0) is 9.84 Å². The lowest BCUT2D eigenvalue weighted by Crippen LogP contribution is -2.47. The van der Waals surface area contributed by atoms with E-state index in [1.54, 1.807) is 18.2 Å². The van der Waals surface area contributed by atoms with Crippen molar-refractivity contribution in [3.63, 3.8) is 0 Å². The summed E-state index contributed by atoms with van der Waals surface area (Å²) in [6.07, 6.45) is 2.88. The summed E-state index contributed by atoms with van der Waals surface area (Å²) in [7, 11) is -3.21. The molecule has 1 aliphatic rings. The second-order valence-electron chi connectivity index (χ2n) is 6.39. The van der Waals surface area contributed by atoms with Crippen LogP contribution in [0.15, 0.2) is 29.2 Å². The molecule has 1 heterocycles. The molecule has 0 aliphatic carbocycles. The number of hydrogen-bond donors (Lipinski definition) is 1. The van der Waals surface area contributed by atoms with Crippen molar-refractivity contribution in [3.8, 4) is 0 Å². The lowest BCUT2D eigenvalue weighted by Gasteiger charge is -2.39. The van der Waals surface area contributed by atoms with Crippen molar-refractivity contribution in [2.75, 3.05) is 25.4 Å². The fraction of sp³-hybridized carbons (Fsp3) is 0.647. The molecule has 2 atom stereocenters. The van der Waals surface area contributed by atoms with Crippen LogP contribution in [0.25, 0.3) is 0 Å². The Morgan fingerprint density at radius 1 is 1.36 bits per heavy atom. The van der Waals surface area contributed by atoms with Crippen LogP contribution >= 0.6 is 0 Å². The maximum absolute atomic E-state index is 12.4. The summed E-state index contributed by atoms with van der Waals surface area (Å²) in [6, 6.07) is 7.27. The Hall–Kier alpha value is -0.910. The molecule has 2 rings (SSSR count). The summed E-state index contributed by atoms with van der Waals surface area (Å²) in [5.74, 6) is 0.645. The van der Waals surface area contributed by atoms with Gasteiger partial charge in [0.15, 0.2) is 9.84 Å². The van der Waals surface area contributed by atoms with Crippen LogP contribution in [0.3, 0.4) is 0 Å². The third kappa shape index (κ3) is 4.31. The largest absolute Gasteiger partial charge is 0.395 e. The van der Waals surface area contributed by atoms with Crippen molar-refractivity contribution in [3.05, 3.63) is 29.8 Å². The summed E-state index contributed by atoms with van der Waals surface area (Å²) in [4.78, 5) is 2.66. The lowest BCUT2D eigenvalue weighted by atomic mass is 9.91. The van der Waals surface area contributed by atoms with Crippen LogP contribution < -0.4 is 0 Å². The first kappa shape index (κ1) is 17.4. The smallest absolute Gasteiger partial charge is 0.178 e. The summed E-state index contributed by atoms with van der Waals surface area (Å²) in [6.45, 7) is 5.92. The number of likely N-dealkylation sites (tertiary alicyclic amines) is 1. The van der Waals surface area contributed by atoms with Gasteiger partial charge in [0.2, 0.25) is 0 Å². The zero-order valence-electron chi connectivity index (χ0n) is 13.5. The fourth-order valence-electron chi connectivity index (χ4n) is 3.29. The highest BCUT2D eigenvalue weighted by Crippen LogP contribution is 2.23. The van der Waals surface area contributed by atoms with Gasteiger partial charge in [0.1, 0.15) is 0 Å². The van der Waals surface area contributed by atoms with Gasteiger partial charge in [0.05, 0.1) is 17.3 Å². The zero-order valence-corrected chi connectivity index (χ0v) is 14.3. The standard InChI is InChI=1S/C17H27NO3S/c1-14-6-3-8-16(12-14)22(20,21)11-5-10-18-9-4-7-15(2)17(18)13-19/h3,6,8,12,15,17,19H,4-5,7,9-11,13H2,1-2H3/t15-,17+/m1/s1. The van der Waals surface area contributed by atoms with Crippen molar-refractivity contribution in [1.82, 2.24) is 4.90 Å². The second kappa shape index (κ2) is 7.57. The maximum Gasteiger partial charge on any atom is 0.178 e. The minimum atomic E-state index is -3.21. The minimum Gasteiger partial charge on any atom is -0.395 e. The number of nitrogens with zero attached hydrogens (tertiary/aromatic N) is 1. The maximum atomic E-state index is 12.4.